The first-order valence-electron chi connectivity index (χ1n) is 4.30. The average Bonchev–Trinajstić information content (AvgIpc) is 2.12. The highest BCUT2D eigenvalue weighted by Crippen LogP contribution is 2.21. The molecule has 0 amide bonds. The summed E-state index contributed by atoms with van der Waals surface area (Å²) in [6.07, 6.45) is 0.703. The number of carbonyl (C=O) groups is 1. The van der Waals surface area contributed by atoms with Crippen molar-refractivity contribution in [3.8, 4) is 0 Å². The largest absolute Gasteiger partial charge is 0.294 e. The van der Waals surface area contributed by atoms with Gasteiger partial charge < -0.3 is 0 Å². The number of ketones is 1. The van der Waals surface area contributed by atoms with Gasteiger partial charge in [-0.05, 0) is 18.6 Å². The number of hydrogen-bond donors (Lipinski definition) is 0. The van der Waals surface area contributed by atoms with Crippen LogP contribution in [0.3, 0.4) is 0 Å². The zero-order chi connectivity index (χ0) is 11.4. The van der Waals surface area contributed by atoms with Crippen molar-refractivity contribution >= 4 is 37.6 Å². The lowest BCUT2D eigenvalue weighted by Gasteiger charge is -2.04. The Bertz CT molecular complexity index is 357. The Labute approximate surface area is 103 Å². The zero-order valence-corrected chi connectivity index (χ0v) is 10.9. The predicted octanol–water partition coefficient (Wildman–Crippen LogP) is 4.09. The van der Waals surface area contributed by atoms with Crippen molar-refractivity contribution in [2.45, 2.75) is 12.8 Å². The van der Waals surface area contributed by atoms with E-state index in [9.17, 15) is 13.6 Å². The van der Waals surface area contributed by atoms with Crippen LogP contribution in [0.15, 0.2) is 16.6 Å². The van der Waals surface area contributed by atoms with E-state index in [0.717, 1.165) is 12.1 Å². The molecular formula is C10H8Br2F2O. The normalized spacial score (nSPS) is 10.4. The lowest BCUT2D eigenvalue weighted by Crippen LogP contribution is -2.06. The quantitative estimate of drug-likeness (QED) is 0.595. The van der Waals surface area contributed by atoms with E-state index < -0.39 is 23.0 Å². The zero-order valence-electron chi connectivity index (χ0n) is 7.70. The lowest BCUT2D eigenvalue weighted by molar-refractivity contribution is 0.0974. The van der Waals surface area contributed by atoms with Gasteiger partial charge in [-0.2, -0.15) is 0 Å². The molecule has 5 heteroatoms. The Hall–Kier alpha value is -0.290. The number of hydrogen-bond acceptors (Lipinski definition) is 1. The fourth-order valence-corrected chi connectivity index (χ4v) is 1.84. The van der Waals surface area contributed by atoms with E-state index in [0.29, 0.717) is 11.8 Å². The molecule has 15 heavy (non-hydrogen) atoms. The van der Waals surface area contributed by atoms with Crippen LogP contribution in [-0.4, -0.2) is 11.1 Å². The second kappa shape index (κ2) is 5.70. The van der Waals surface area contributed by atoms with Gasteiger partial charge in [0.2, 0.25) is 0 Å². The van der Waals surface area contributed by atoms with Crippen LogP contribution in [0.2, 0.25) is 0 Å². The van der Waals surface area contributed by atoms with Crippen molar-refractivity contribution < 1.29 is 13.6 Å². The molecule has 1 aromatic carbocycles. The molecule has 0 heterocycles. The number of carbonyl (C=O) groups excluding carboxylic acids is 1. The molecule has 1 rings (SSSR count). The van der Waals surface area contributed by atoms with Gasteiger partial charge in [0.15, 0.2) is 5.78 Å². The standard InChI is InChI=1S/C10H8Br2F2O/c11-3-1-2-9(15)10-7(13)4-6(12)5-8(10)14/h4-5H,1-3H2. The number of Topliss-reactive ketones (excluding diaryl/α,β-unsaturated/α-hetero) is 1. The second-order valence-electron chi connectivity index (χ2n) is 2.96. The SMILES string of the molecule is O=C(CCCBr)c1c(F)cc(Br)cc1F. The molecule has 0 aromatic heterocycles. The van der Waals surface area contributed by atoms with Gasteiger partial charge in [0.1, 0.15) is 11.6 Å². The van der Waals surface area contributed by atoms with Crippen LogP contribution in [0.5, 0.6) is 0 Å². The summed E-state index contributed by atoms with van der Waals surface area (Å²) < 4.78 is 26.9. The fourth-order valence-electron chi connectivity index (χ4n) is 1.16. The van der Waals surface area contributed by atoms with Crippen molar-refractivity contribution in [1.29, 1.82) is 0 Å². The van der Waals surface area contributed by atoms with E-state index in [1.54, 1.807) is 0 Å². The number of benzene rings is 1. The third-order valence-electron chi connectivity index (χ3n) is 1.82. The summed E-state index contributed by atoms with van der Waals surface area (Å²) in [6.45, 7) is 0. The molecule has 0 spiro atoms. The van der Waals surface area contributed by atoms with Gasteiger partial charge in [0.25, 0.3) is 0 Å². The molecule has 0 aliphatic heterocycles. The molecule has 0 saturated heterocycles. The van der Waals surface area contributed by atoms with Crippen LogP contribution in [0, 0.1) is 11.6 Å². The highest BCUT2D eigenvalue weighted by molar-refractivity contribution is 9.10. The Morgan fingerprint density at radius 3 is 2.27 bits per heavy atom. The third-order valence-corrected chi connectivity index (χ3v) is 2.84. The maximum absolute atomic E-state index is 13.3. The van der Waals surface area contributed by atoms with E-state index in [1.807, 2.05) is 0 Å². The van der Waals surface area contributed by atoms with Crippen molar-refractivity contribution in [2.24, 2.45) is 0 Å². The topological polar surface area (TPSA) is 17.1 Å². The third kappa shape index (κ3) is 3.34. The molecule has 0 aliphatic carbocycles. The van der Waals surface area contributed by atoms with Crippen LogP contribution in [-0.2, 0) is 0 Å². The molecule has 0 fully saturated rings. The van der Waals surface area contributed by atoms with E-state index >= 15 is 0 Å². The molecule has 0 N–H and O–H groups in total. The van der Waals surface area contributed by atoms with Crippen LogP contribution >= 0.6 is 31.9 Å². The summed E-state index contributed by atoms with van der Waals surface area (Å²) in [4.78, 5) is 11.4. The monoisotopic (exact) mass is 340 g/mol. The first kappa shape index (κ1) is 12.8. The maximum Gasteiger partial charge on any atom is 0.168 e. The summed E-state index contributed by atoms with van der Waals surface area (Å²) in [5.41, 5.74) is -0.445. The maximum atomic E-state index is 13.3. The molecular weight excluding hydrogens is 334 g/mol. The Kier molecular flexibility index (Phi) is 4.86. The number of rotatable bonds is 4. The molecule has 0 radical (unpaired) electrons. The van der Waals surface area contributed by atoms with Gasteiger partial charge in [-0.1, -0.05) is 31.9 Å². The molecule has 0 atom stereocenters. The Morgan fingerprint density at radius 1 is 1.27 bits per heavy atom. The predicted molar refractivity (Wildman–Crippen MR) is 61.4 cm³/mol. The van der Waals surface area contributed by atoms with Crippen LogP contribution in [0.1, 0.15) is 23.2 Å². The van der Waals surface area contributed by atoms with Crippen LogP contribution in [0.4, 0.5) is 8.78 Å². The van der Waals surface area contributed by atoms with Gasteiger partial charge in [-0.3, -0.25) is 4.79 Å². The van der Waals surface area contributed by atoms with E-state index in [1.165, 1.54) is 0 Å². The summed E-state index contributed by atoms with van der Waals surface area (Å²) in [7, 11) is 0. The van der Waals surface area contributed by atoms with Gasteiger partial charge in [0, 0.05) is 16.2 Å². The first-order valence-corrected chi connectivity index (χ1v) is 6.21. The van der Waals surface area contributed by atoms with E-state index in [4.69, 9.17) is 0 Å². The van der Waals surface area contributed by atoms with Crippen molar-refractivity contribution in [1.82, 2.24) is 0 Å². The molecule has 0 bridgehead atoms. The Morgan fingerprint density at radius 2 is 1.80 bits per heavy atom. The smallest absolute Gasteiger partial charge is 0.168 e. The van der Waals surface area contributed by atoms with Crippen molar-refractivity contribution in [3.63, 3.8) is 0 Å². The van der Waals surface area contributed by atoms with Gasteiger partial charge in [0.05, 0.1) is 5.56 Å². The minimum Gasteiger partial charge on any atom is -0.294 e. The molecule has 0 aliphatic rings. The van der Waals surface area contributed by atoms with Gasteiger partial charge in [-0.15, -0.1) is 0 Å². The average molecular weight is 342 g/mol. The number of halogens is 4. The van der Waals surface area contributed by atoms with Gasteiger partial charge >= 0.3 is 0 Å². The molecule has 1 aromatic rings. The van der Waals surface area contributed by atoms with E-state index in [-0.39, 0.29) is 10.9 Å². The highest BCUT2D eigenvalue weighted by Gasteiger charge is 2.17. The highest BCUT2D eigenvalue weighted by atomic mass is 79.9. The molecule has 82 valence electrons. The fraction of sp³-hybridized carbons (Fsp3) is 0.300. The van der Waals surface area contributed by atoms with Crippen LogP contribution in [0.25, 0.3) is 0 Å². The van der Waals surface area contributed by atoms with Crippen molar-refractivity contribution in [3.05, 3.63) is 33.8 Å². The lowest BCUT2D eigenvalue weighted by atomic mass is 10.1. The van der Waals surface area contributed by atoms with Crippen LogP contribution < -0.4 is 0 Å². The molecule has 0 unspecified atom stereocenters. The van der Waals surface area contributed by atoms with E-state index in [2.05, 4.69) is 31.9 Å². The Balaban J connectivity index is 2.98. The first-order chi connectivity index (χ1) is 7.06. The molecule has 0 saturated carbocycles. The van der Waals surface area contributed by atoms with Crippen molar-refractivity contribution in [2.75, 3.05) is 5.33 Å². The van der Waals surface area contributed by atoms with Gasteiger partial charge in [-0.25, -0.2) is 8.78 Å². The minimum absolute atomic E-state index is 0.140. The second-order valence-corrected chi connectivity index (χ2v) is 4.67. The summed E-state index contributed by atoms with van der Waals surface area (Å²) in [5, 5.41) is 0.637. The minimum atomic E-state index is -0.818. The summed E-state index contributed by atoms with van der Waals surface area (Å²) in [6, 6.07) is 2.18. The summed E-state index contributed by atoms with van der Waals surface area (Å²) in [5.74, 6) is -2.14. The summed E-state index contributed by atoms with van der Waals surface area (Å²) >= 11 is 6.10. The number of alkyl halides is 1. The molecule has 1 nitrogen and oxygen atoms in total.